The lowest BCUT2D eigenvalue weighted by Gasteiger charge is -2.08. The zero-order chi connectivity index (χ0) is 19.5. The molecule has 2 aromatic rings. The average Bonchev–Trinajstić information content (AvgIpc) is 2.67. The monoisotopic (exact) mass is 358 g/mol. The summed E-state index contributed by atoms with van der Waals surface area (Å²) in [6.07, 6.45) is 2.92. The van der Waals surface area contributed by atoms with E-state index >= 15 is 0 Å². The Labute approximate surface area is 152 Å². The molecule has 0 heterocycles. The van der Waals surface area contributed by atoms with Crippen molar-refractivity contribution in [2.24, 2.45) is 5.73 Å². The summed E-state index contributed by atoms with van der Waals surface area (Å²) in [5.41, 5.74) is 5.52. The van der Waals surface area contributed by atoms with Gasteiger partial charge in [-0.25, -0.2) is 4.79 Å². The van der Waals surface area contributed by atoms with Crippen LogP contribution < -0.4 is 20.5 Å². The van der Waals surface area contributed by atoms with Crippen LogP contribution in [0.1, 0.15) is 15.9 Å². The summed E-state index contributed by atoms with van der Waals surface area (Å²) in [4.78, 5) is 23.1. The number of hydrogen-bond donors (Lipinski definition) is 3. The fourth-order valence-corrected chi connectivity index (χ4v) is 2.08. The number of amides is 1. The quantitative estimate of drug-likeness (QED) is 0.685. The molecule has 0 bridgehead atoms. The van der Waals surface area contributed by atoms with Crippen molar-refractivity contribution < 1.29 is 24.2 Å². The summed E-state index contributed by atoms with van der Waals surface area (Å²) in [7, 11) is 4.57. The summed E-state index contributed by atoms with van der Waals surface area (Å²) in [5.74, 6) is -0.390. The first-order valence-corrected chi connectivity index (χ1v) is 7.66. The van der Waals surface area contributed by atoms with Crippen LogP contribution >= 0.6 is 0 Å². The predicted octanol–water partition coefficient (Wildman–Crippen LogP) is 2.63. The maximum Gasteiger partial charge on any atom is 0.337 e. The third-order valence-corrected chi connectivity index (χ3v) is 3.25. The molecule has 2 rings (SSSR count). The Morgan fingerprint density at radius 1 is 1.04 bits per heavy atom. The minimum absolute atomic E-state index is 0.0327. The van der Waals surface area contributed by atoms with Gasteiger partial charge in [-0.2, -0.15) is 0 Å². The normalized spacial score (nSPS) is 9.85. The Balaban J connectivity index is 0.00000163. The average molecular weight is 358 g/mol. The Hall–Kier alpha value is -3.32. The number of hydrogen-bond acceptors (Lipinski definition) is 5. The van der Waals surface area contributed by atoms with Gasteiger partial charge in [0.1, 0.15) is 0 Å². The van der Waals surface area contributed by atoms with Gasteiger partial charge in [0, 0.05) is 6.08 Å². The molecule has 0 saturated heterocycles. The topological polar surface area (TPSA) is 111 Å². The fraction of sp³-hybridized carbons (Fsp3) is 0.158. The highest BCUT2D eigenvalue weighted by atomic mass is 16.5. The van der Waals surface area contributed by atoms with Crippen molar-refractivity contribution in [2.45, 2.75) is 0 Å². The molecule has 0 aliphatic carbocycles. The van der Waals surface area contributed by atoms with Gasteiger partial charge in [-0.3, -0.25) is 4.79 Å². The van der Waals surface area contributed by atoms with Gasteiger partial charge < -0.3 is 25.6 Å². The number of benzene rings is 2. The van der Waals surface area contributed by atoms with Gasteiger partial charge >= 0.3 is 5.97 Å². The molecule has 2 aromatic carbocycles. The molecule has 138 valence electrons. The van der Waals surface area contributed by atoms with Gasteiger partial charge in [0.05, 0.1) is 25.5 Å². The van der Waals surface area contributed by atoms with Crippen LogP contribution in [0.15, 0.2) is 48.5 Å². The number of methoxy groups -OCH3 is 2. The Kier molecular flexibility index (Phi) is 8.39. The number of rotatable bonds is 6. The van der Waals surface area contributed by atoms with Crippen LogP contribution in [0.3, 0.4) is 0 Å². The molecule has 0 aliphatic heterocycles. The van der Waals surface area contributed by atoms with E-state index in [1.54, 1.807) is 43.5 Å². The van der Waals surface area contributed by atoms with Gasteiger partial charge in [-0.05, 0) is 43.0 Å². The van der Waals surface area contributed by atoms with E-state index in [0.29, 0.717) is 11.5 Å². The third kappa shape index (κ3) is 5.64. The van der Waals surface area contributed by atoms with E-state index in [2.05, 4.69) is 11.1 Å². The summed E-state index contributed by atoms with van der Waals surface area (Å²) >= 11 is 0. The highest BCUT2D eigenvalue weighted by Gasteiger charge is 2.10. The van der Waals surface area contributed by atoms with E-state index in [0.717, 1.165) is 5.56 Å². The summed E-state index contributed by atoms with van der Waals surface area (Å²) in [6, 6.07) is 11.4. The van der Waals surface area contributed by atoms with Crippen molar-refractivity contribution in [1.29, 1.82) is 0 Å². The second kappa shape index (κ2) is 10.5. The summed E-state index contributed by atoms with van der Waals surface area (Å²) < 4.78 is 10.3. The molecule has 0 unspecified atom stereocenters. The smallest absolute Gasteiger partial charge is 0.337 e. The number of anilines is 1. The van der Waals surface area contributed by atoms with Crippen LogP contribution in [-0.2, 0) is 4.79 Å². The van der Waals surface area contributed by atoms with E-state index in [1.807, 2.05) is 0 Å². The lowest BCUT2D eigenvalue weighted by molar-refractivity contribution is -0.111. The molecule has 0 spiro atoms. The van der Waals surface area contributed by atoms with E-state index in [1.165, 1.54) is 32.4 Å². The van der Waals surface area contributed by atoms with Crippen LogP contribution in [0.25, 0.3) is 6.08 Å². The van der Waals surface area contributed by atoms with Gasteiger partial charge in [-0.1, -0.05) is 18.2 Å². The van der Waals surface area contributed by atoms with Gasteiger partial charge in [0.2, 0.25) is 5.91 Å². The minimum atomic E-state index is -1.10. The highest BCUT2D eigenvalue weighted by Crippen LogP contribution is 2.28. The number of carboxylic acids is 1. The van der Waals surface area contributed by atoms with Crippen LogP contribution in [-0.4, -0.2) is 38.3 Å². The number of carbonyl (C=O) groups is 2. The molecule has 0 fully saturated rings. The molecule has 0 aliphatic rings. The number of para-hydroxylation sites is 1. The zero-order valence-electron chi connectivity index (χ0n) is 14.9. The molecular formula is C19H22N2O5. The van der Waals surface area contributed by atoms with Crippen LogP contribution in [0.2, 0.25) is 0 Å². The number of nitrogens with one attached hydrogen (secondary N) is 1. The first kappa shape index (κ1) is 20.7. The summed E-state index contributed by atoms with van der Waals surface area (Å²) in [5, 5.41) is 11.6. The summed E-state index contributed by atoms with van der Waals surface area (Å²) in [6.45, 7) is 0. The lowest BCUT2D eigenvalue weighted by Crippen LogP contribution is -2.11. The Morgan fingerprint density at radius 2 is 1.69 bits per heavy atom. The molecule has 7 heteroatoms. The first-order chi connectivity index (χ1) is 12.5. The molecular weight excluding hydrogens is 336 g/mol. The van der Waals surface area contributed by atoms with Crippen molar-refractivity contribution in [2.75, 3.05) is 26.6 Å². The van der Waals surface area contributed by atoms with Crippen LogP contribution in [0.4, 0.5) is 5.69 Å². The number of carbonyl (C=O) groups excluding carboxylic acids is 1. The Morgan fingerprint density at radius 3 is 2.31 bits per heavy atom. The highest BCUT2D eigenvalue weighted by molar-refractivity contribution is 6.06. The third-order valence-electron chi connectivity index (χ3n) is 3.25. The SMILES string of the molecule is CN.COc1ccc(/C=C/C(=O)Nc2ccccc2C(=O)O)cc1OC. The van der Waals surface area contributed by atoms with E-state index in [4.69, 9.17) is 14.6 Å². The molecule has 0 aromatic heterocycles. The van der Waals surface area contributed by atoms with Crippen molar-refractivity contribution >= 4 is 23.6 Å². The lowest BCUT2D eigenvalue weighted by atomic mass is 10.1. The molecule has 1 amide bonds. The molecule has 7 nitrogen and oxygen atoms in total. The zero-order valence-corrected chi connectivity index (χ0v) is 14.9. The first-order valence-electron chi connectivity index (χ1n) is 7.66. The minimum Gasteiger partial charge on any atom is -0.493 e. The van der Waals surface area contributed by atoms with Crippen molar-refractivity contribution in [3.05, 3.63) is 59.7 Å². The van der Waals surface area contributed by atoms with Crippen LogP contribution in [0.5, 0.6) is 11.5 Å². The second-order valence-electron chi connectivity index (χ2n) is 4.79. The largest absolute Gasteiger partial charge is 0.493 e. The predicted molar refractivity (Wildman–Crippen MR) is 101 cm³/mol. The number of carboxylic acid groups (broad SMARTS) is 1. The van der Waals surface area contributed by atoms with Gasteiger partial charge in [-0.15, -0.1) is 0 Å². The number of ether oxygens (including phenoxy) is 2. The Bertz CT molecular complexity index is 787. The van der Waals surface area contributed by atoms with Gasteiger partial charge in [0.25, 0.3) is 0 Å². The van der Waals surface area contributed by atoms with E-state index in [9.17, 15) is 9.59 Å². The number of aromatic carboxylic acids is 1. The second-order valence-corrected chi connectivity index (χ2v) is 4.79. The standard InChI is InChI=1S/C18H17NO5.CH5N/c1-23-15-9-7-12(11-16(15)24-2)8-10-17(20)19-14-6-4-3-5-13(14)18(21)22;1-2/h3-11H,1-2H3,(H,19,20)(H,21,22);2H2,1H3/b10-8+;. The van der Waals surface area contributed by atoms with Crippen molar-refractivity contribution in [1.82, 2.24) is 0 Å². The molecule has 4 N–H and O–H groups in total. The molecule has 26 heavy (non-hydrogen) atoms. The maximum absolute atomic E-state index is 12.0. The fourth-order valence-electron chi connectivity index (χ4n) is 2.08. The number of nitrogens with two attached hydrogens (primary N) is 1. The molecule has 0 saturated carbocycles. The van der Waals surface area contributed by atoms with Crippen molar-refractivity contribution in [3.8, 4) is 11.5 Å². The van der Waals surface area contributed by atoms with Gasteiger partial charge in [0.15, 0.2) is 11.5 Å². The van der Waals surface area contributed by atoms with Crippen molar-refractivity contribution in [3.63, 3.8) is 0 Å². The van der Waals surface area contributed by atoms with E-state index in [-0.39, 0.29) is 11.3 Å². The van der Waals surface area contributed by atoms with Crippen LogP contribution in [0, 0.1) is 0 Å². The molecule has 0 atom stereocenters. The van der Waals surface area contributed by atoms with E-state index < -0.39 is 11.9 Å². The molecule has 0 radical (unpaired) electrons. The maximum atomic E-state index is 12.0.